The zero-order valence-electron chi connectivity index (χ0n) is 12.1. The van der Waals surface area contributed by atoms with Crippen LogP contribution in [-0.2, 0) is 9.53 Å². The van der Waals surface area contributed by atoms with Gasteiger partial charge in [0.05, 0.1) is 12.1 Å². The van der Waals surface area contributed by atoms with Crippen molar-refractivity contribution in [1.29, 1.82) is 0 Å². The number of methoxy groups -OCH3 is 1. The first-order valence-corrected chi connectivity index (χ1v) is 6.53. The second-order valence-corrected chi connectivity index (χ2v) is 4.86. The summed E-state index contributed by atoms with van der Waals surface area (Å²) in [5.74, 6) is 0.336. The van der Waals surface area contributed by atoms with E-state index < -0.39 is 0 Å². The van der Waals surface area contributed by atoms with E-state index in [9.17, 15) is 9.90 Å². The lowest BCUT2D eigenvalue weighted by Gasteiger charge is -2.26. The summed E-state index contributed by atoms with van der Waals surface area (Å²) < 4.78 is 5.14. The quantitative estimate of drug-likeness (QED) is 0.860. The number of aromatic hydroxyl groups is 1. The summed E-state index contributed by atoms with van der Waals surface area (Å²) >= 11 is 0. The second-order valence-electron chi connectivity index (χ2n) is 4.86. The number of rotatable bonds is 6. The molecule has 0 heterocycles. The first-order valence-electron chi connectivity index (χ1n) is 6.53. The van der Waals surface area contributed by atoms with Crippen molar-refractivity contribution in [2.24, 2.45) is 0 Å². The number of phenolic OH excluding ortho intramolecular Hbond substituents is 1. The Morgan fingerprint density at radius 1 is 1.32 bits per heavy atom. The van der Waals surface area contributed by atoms with Gasteiger partial charge in [0.1, 0.15) is 5.75 Å². The van der Waals surface area contributed by atoms with E-state index in [0.717, 1.165) is 12.0 Å². The number of carbonyl (C=O) groups is 1. The molecule has 0 aromatic heterocycles. The maximum absolute atomic E-state index is 12.1. The molecule has 0 saturated carbocycles. The Hall–Kier alpha value is -1.55. The second kappa shape index (κ2) is 7.14. The van der Waals surface area contributed by atoms with E-state index >= 15 is 0 Å². The van der Waals surface area contributed by atoms with Crippen molar-refractivity contribution in [1.82, 2.24) is 4.90 Å². The van der Waals surface area contributed by atoms with Gasteiger partial charge >= 0.3 is 0 Å². The van der Waals surface area contributed by atoms with Gasteiger partial charge in [0, 0.05) is 20.6 Å². The van der Waals surface area contributed by atoms with Crippen LogP contribution >= 0.6 is 0 Å². The van der Waals surface area contributed by atoms with Gasteiger partial charge in [0.2, 0.25) is 5.91 Å². The normalized spacial score (nSPS) is 13.9. The number of nitrogens with zero attached hydrogens (tertiary/aromatic N) is 1. The highest BCUT2D eigenvalue weighted by Crippen LogP contribution is 2.22. The van der Waals surface area contributed by atoms with Crippen molar-refractivity contribution in [2.75, 3.05) is 14.2 Å². The number of hydrogen-bond donors (Lipinski definition) is 1. The van der Waals surface area contributed by atoms with Crippen molar-refractivity contribution in [3.8, 4) is 5.75 Å². The lowest BCUT2D eigenvalue weighted by Crippen LogP contribution is -2.30. The van der Waals surface area contributed by atoms with Crippen LogP contribution in [0.25, 0.3) is 0 Å². The Morgan fingerprint density at radius 2 is 1.89 bits per heavy atom. The SMILES string of the molecule is COC(C)CCC(=O)N(C)C(C)c1ccc(O)cc1. The van der Waals surface area contributed by atoms with Gasteiger partial charge in [0.25, 0.3) is 0 Å². The predicted molar refractivity (Wildman–Crippen MR) is 75.0 cm³/mol. The van der Waals surface area contributed by atoms with Crippen LogP contribution in [0.5, 0.6) is 5.75 Å². The average Bonchev–Trinajstić information content (AvgIpc) is 2.43. The fraction of sp³-hybridized carbons (Fsp3) is 0.533. The number of hydrogen-bond acceptors (Lipinski definition) is 3. The Kier molecular flexibility index (Phi) is 5.83. The highest BCUT2D eigenvalue weighted by Gasteiger charge is 2.17. The Morgan fingerprint density at radius 3 is 2.42 bits per heavy atom. The molecule has 0 aliphatic rings. The Balaban J connectivity index is 2.58. The third-order valence-corrected chi connectivity index (χ3v) is 3.52. The van der Waals surface area contributed by atoms with Crippen molar-refractivity contribution in [2.45, 2.75) is 38.8 Å². The number of carbonyl (C=O) groups excluding carboxylic acids is 1. The minimum Gasteiger partial charge on any atom is -0.508 e. The number of ether oxygens (including phenoxy) is 1. The molecule has 0 bridgehead atoms. The van der Waals surface area contributed by atoms with E-state index in [1.165, 1.54) is 0 Å². The molecule has 1 rings (SSSR count). The Bertz CT molecular complexity index is 402. The third kappa shape index (κ3) is 4.56. The Labute approximate surface area is 115 Å². The summed E-state index contributed by atoms with van der Waals surface area (Å²) in [5, 5.41) is 9.26. The zero-order chi connectivity index (χ0) is 14.4. The molecule has 0 aliphatic carbocycles. The molecule has 0 saturated heterocycles. The van der Waals surface area contributed by atoms with E-state index in [-0.39, 0.29) is 23.8 Å². The fourth-order valence-corrected chi connectivity index (χ4v) is 1.81. The van der Waals surface area contributed by atoms with Crippen molar-refractivity contribution in [3.63, 3.8) is 0 Å². The van der Waals surface area contributed by atoms with Crippen molar-refractivity contribution >= 4 is 5.91 Å². The van der Waals surface area contributed by atoms with E-state index in [2.05, 4.69) is 0 Å². The van der Waals surface area contributed by atoms with E-state index in [4.69, 9.17) is 4.74 Å². The molecule has 0 spiro atoms. The lowest BCUT2D eigenvalue weighted by atomic mass is 10.1. The van der Waals surface area contributed by atoms with Gasteiger partial charge in [0.15, 0.2) is 0 Å². The minimum absolute atomic E-state index is 0.00838. The lowest BCUT2D eigenvalue weighted by molar-refractivity contribution is -0.132. The number of amides is 1. The summed E-state index contributed by atoms with van der Waals surface area (Å²) in [6.07, 6.45) is 1.30. The molecular formula is C15H23NO3. The topological polar surface area (TPSA) is 49.8 Å². The van der Waals surface area contributed by atoms with E-state index in [1.807, 2.05) is 26.0 Å². The van der Waals surface area contributed by atoms with Crippen LogP contribution in [0.3, 0.4) is 0 Å². The molecule has 1 aromatic rings. The van der Waals surface area contributed by atoms with Crippen molar-refractivity contribution < 1.29 is 14.6 Å². The highest BCUT2D eigenvalue weighted by molar-refractivity contribution is 5.76. The molecule has 1 amide bonds. The van der Waals surface area contributed by atoms with Crippen LogP contribution in [0.2, 0.25) is 0 Å². The monoisotopic (exact) mass is 265 g/mol. The average molecular weight is 265 g/mol. The van der Waals surface area contributed by atoms with Crippen LogP contribution in [-0.4, -0.2) is 36.2 Å². The predicted octanol–water partition coefficient (Wildman–Crippen LogP) is 2.73. The van der Waals surface area contributed by atoms with Gasteiger partial charge in [-0.2, -0.15) is 0 Å². The molecule has 4 nitrogen and oxygen atoms in total. The molecule has 0 fully saturated rings. The van der Waals surface area contributed by atoms with E-state index in [0.29, 0.717) is 6.42 Å². The third-order valence-electron chi connectivity index (χ3n) is 3.52. The van der Waals surface area contributed by atoms with Crippen molar-refractivity contribution in [3.05, 3.63) is 29.8 Å². The van der Waals surface area contributed by atoms with Gasteiger partial charge in [-0.15, -0.1) is 0 Å². The maximum atomic E-state index is 12.1. The maximum Gasteiger partial charge on any atom is 0.222 e. The fourth-order valence-electron chi connectivity index (χ4n) is 1.81. The molecule has 0 aliphatic heterocycles. The molecule has 1 aromatic carbocycles. The first kappa shape index (κ1) is 15.5. The summed E-state index contributed by atoms with van der Waals surface area (Å²) in [6.45, 7) is 3.93. The molecule has 1 N–H and O–H groups in total. The van der Waals surface area contributed by atoms with Gasteiger partial charge in [-0.05, 0) is 38.0 Å². The van der Waals surface area contributed by atoms with E-state index in [1.54, 1.807) is 31.2 Å². The standard InChI is InChI=1S/C15H23NO3/c1-11(19-4)5-10-15(18)16(3)12(2)13-6-8-14(17)9-7-13/h6-9,11-12,17H,5,10H2,1-4H3. The van der Waals surface area contributed by atoms with Crippen LogP contribution in [0.15, 0.2) is 24.3 Å². The van der Waals surface area contributed by atoms with Crippen LogP contribution in [0.1, 0.15) is 38.3 Å². The van der Waals surface area contributed by atoms with Gasteiger partial charge < -0.3 is 14.7 Å². The number of phenols is 1. The first-order chi connectivity index (χ1) is 8.95. The summed E-state index contributed by atoms with van der Waals surface area (Å²) in [6, 6.07) is 6.93. The van der Waals surface area contributed by atoms with Gasteiger partial charge in [-0.3, -0.25) is 4.79 Å². The van der Waals surface area contributed by atoms with Gasteiger partial charge in [-0.1, -0.05) is 12.1 Å². The zero-order valence-corrected chi connectivity index (χ0v) is 12.1. The van der Waals surface area contributed by atoms with Gasteiger partial charge in [-0.25, -0.2) is 0 Å². The summed E-state index contributed by atoms with van der Waals surface area (Å²) in [5.41, 5.74) is 1.01. The molecular weight excluding hydrogens is 242 g/mol. The summed E-state index contributed by atoms with van der Waals surface area (Å²) in [7, 11) is 3.45. The number of benzene rings is 1. The minimum atomic E-state index is -0.00838. The van der Waals surface area contributed by atoms with Crippen LogP contribution in [0, 0.1) is 0 Å². The van der Waals surface area contributed by atoms with Crippen LogP contribution in [0.4, 0.5) is 0 Å². The molecule has 2 unspecified atom stereocenters. The summed E-state index contributed by atoms with van der Waals surface area (Å²) in [4.78, 5) is 13.8. The molecule has 106 valence electrons. The van der Waals surface area contributed by atoms with Crippen LogP contribution < -0.4 is 0 Å². The highest BCUT2D eigenvalue weighted by atomic mass is 16.5. The molecule has 19 heavy (non-hydrogen) atoms. The molecule has 2 atom stereocenters. The largest absolute Gasteiger partial charge is 0.508 e. The molecule has 4 heteroatoms. The molecule has 0 radical (unpaired) electrons. The smallest absolute Gasteiger partial charge is 0.222 e.